The Morgan fingerprint density at radius 3 is 1.42 bits per heavy atom. The van der Waals surface area contributed by atoms with Crippen molar-refractivity contribution in [1.29, 1.82) is 0 Å². The van der Waals surface area contributed by atoms with Crippen molar-refractivity contribution in [2.45, 2.75) is 49.3 Å². The molecule has 2 atom stereocenters. The van der Waals surface area contributed by atoms with E-state index in [0.29, 0.717) is 0 Å². The van der Waals surface area contributed by atoms with E-state index in [-0.39, 0.29) is 22.9 Å². The van der Waals surface area contributed by atoms with Gasteiger partial charge in [0.2, 0.25) is 0 Å². The first-order chi connectivity index (χ1) is 8.37. The Labute approximate surface area is 138 Å². The number of rotatable bonds is 6. The van der Waals surface area contributed by atoms with Crippen LogP contribution < -0.4 is 11.5 Å². The molecule has 112 valence electrons. The minimum atomic E-state index is -0.659. The van der Waals surface area contributed by atoms with E-state index >= 15 is 0 Å². The Morgan fingerprint density at radius 1 is 0.947 bits per heavy atom. The molecule has 0 bridgehead atoms. The molecule has 0 rings (SSSR count). The van der Waals surface area contributed by atoms with E-state index in [2.05, 4.69) is 25.3 Å². The van der Waals surface area contributed by atoms with Crippen LogP contribution in [0, 0.1) is 0 Å². The van der Waals surface area contributed by atoms with Crippen LogP contribution in [0.2, 0.25) is 0 Å². The quantitative estimate of drug-likeness (QED) is 0.390. The summed E-state index contributed by atoms with van der Waals surface area (Å²) in [6, 6.07) is -1.32. The number of nitrogens with two attached hydrogens (primary N) is 2. The molecule has 4 nitrogen and oxygen atoms in total. The van der Waals surface area contributed by atoms with E-state index in [4.69, 9.17) is 11.5 Å². The van der Waals surface area contributed by atoms with Crippen LogP contribution in [0.3, 0.4) is 0 Å². The second-order valence-corrected chi connectivity index (χ2v) is 13.8. The second kappa shape index (κ2) is 7.98. The summed E-state index contributed by atoms with van der Waals surface area (Å²) < 4.78 is -1.14. The molecule has 0 spiro atoms. The molecule has 4 N–H and O–H groups in total. The Bertz CT molecular complexity index is 309. The third-order valence-corrected chi connectivity index (χ3v) is 8.84. The van der Waals surface area contributed by atoms with E-state index in [0.717, 1.165) is 20.4 Å². The average molecular weight is 408 g/mol. The molecule has 0 unspecified atom stereocenters. The zero-order valence-electron chi connectivity index (χ0n) is 11.2. The van der Waals surface area contributed by atoms with Gasteiger partial charge in [0.15, 0.2) is 0 Å². The molecule has 0 aliphatic carbocycles. The molecule has 0 fully saturated rings. The van der Waals surface area contributed by atoms with Gasteiger partial charge in [0, 0.05) is 0 Å². The van der Waals surface area contributed by atoms with Gasteiger partial charge in [-0.2, -0.15) is 0 Å². The Kier molecular flexibility index (Phi) is 8.48. The van der Waals surface area contributed by atoms with Gasteiger partial charge < -0.3 is 0 Å². The molecule has 0 saturated carbocycles. The molecule has 0 radical (unpaired) electrons. The molecule has 9 heteroatoms. The number of carbonyl (C=O) groups excluding carboxylic acids is 2. The third kappa shape index (κ3) is 7.66. The topological polar surface area (TPSA) is 86.2 Å². The monoisotopic (exact) mass is 408 g/mol. The summed E-state index contributed by atoms with van der Waals surface area (Å²) in [5.41, 5.74) is 11.5. The first-order valence-corrected chi connectivity index (χ1v) is 12.0. The summed E-state index contributed by atoms with van der Waals surface area (Å²) in [7, 11) is 2.16. The van der Waals surface area contributed by atoms with E-state index < -0.39 is 21.6 Å². The van der Waals surface area contributed by atoms with Gasteiger partial charge in [0.1, 0.15) is 0 Å². The van der Waals surface area contributed by atoms with Crippen LogP contribution in [0.15, 0.2) is 0 Å². The number of hydrogen-bond acceptors (Lipinski definition) is 8. The third-order valence-electron chi connectivity index (χ3n) is 2.26. The molecule has 0 aromatic rings. The van der Waals surface area contributed by atoms with Crippen LogP contribution in [0.1, 0.15) is 27.7 Å². The van der Waals surface area contributed by atoms with Crippen LogP contribution in [0.4, 0.5) is 0 Å². The fraction of sp³-hybridized carbons (Fsp3) is 0.800. The summed E-state index contributed by atoms with van der Waals surface area (Å²) in [5.74, 6) is 0. The van der Waals surface area contributed by atoms with E-state index in [9.17, 15) is 9.59 Å². The van der Waals surface area contributed by atoms with Gasteiger partial charge in [-0.05, 0) is 0 Å². The normalized spacial score (nSPS) is 16.0. The Balaban J connectivity index is 4.19. The Morgan fingerprint density at radius 2 is 1.21 bits per heavy atom. The molecule has 0 aromatic carbocycles. The molecule has 0 aliphatic rings. The number of thiol groups is 2. The summed E-state index contributed by atoms with van der Waals surface area (Å²) in [6.45, 7) is 7.13. The van der Waals surface area contributed by atoms with Crippen molar-refractivity contribution >= 4 is 68.6 Å². The van der Waals surface area contributed by atoms with E-state index in [1.165, 1.54) is 0 Å². The Hall–Kier alpha value is 1.18. The fourth-order valence-corrected chi connectivity index (χ4v) is 7.12. The van der Waals surface area contributed by atoms with Crippen molar-refractivity contribution in [1.82, 2.24) is 0 Å². The fourth-order valence-electron chi connectivity index (χ4n) is 0.765. The second-order valence-electron chi connectivity index (χ2n) is 5.14. The van der Waals surface area contributed by atoms with Crippen molar-refractivity contribution in [3.05, 3.63) is 0 Å². The van der Waals surface area contributed by atoms with Gasteiger partial charge in [0.05, 0.1) is 0 Å². The average Bonchev–Trinajstić information content (AvgIpc) is 2.23. The molecule has 0 aliphatic heterocycles. The van der Waals surface area contributed by atoms with E-state index in [1.54, 1.807) is 27.7 Å². The predicted octanol–water partition coefficient (Wildman–Crippen LogP) is 1.11. The van der Waals surface area contributed by atoms with Gasteiger partial charge >= 0.3 is 139 Å². The van der Waals surface area contributed by atoms with Gasteiger partial charge in [-0.1, -0.05) is 0 Å². The van der Waals surface area contributed by atoms with Crippen LogP contribution in [0.25, 0.3) is 0 Å². The zero-order chi connectivity index (χ0) is 15.4. The maximum absolute atomic E-state index is 11.8. The molecule has 0 aromatic heterocycles. The zero-order valence-corrected chi connectivity index (χ0v) is 16.4. The van der Waals surface area contributed by atoms with Crippen molar-refractivity contribution in [2.75, 3.05) is 0 Å². The first kappa shape index (κ1) is 20.2. The van der Waals surface area contributed by atoms with Crippen molar-refractivity contribution in [3.8, 4) is 0 Å². The molecular formula is C10H20N2O2S4Se. The molecule has 19 heavy (non-hydrogen) atoms. The standard InChI is InChI=1S/C10H20N2O2S4Se/c1-9(2,15)5(11)7(13)17-19-18-8(14)6(12)10(3,4)16/h5-6,15-16H,11-12H2,1-4H3/t5-,6-/m0/s1. The van der Waals surface area contributed by atoms with Gasteiger partial charge in [-0.25, -0.2) is 0 Å². The summed E-state index contributed by atoms with van der Waals surface area (Å²) in [4.78, 5) is 23.5. The van der Waals surface area contributed by atoms with Gasteiger partial charge in [-0.3, -0.25) is 0 Å². The SMILES string of the molecule is CC(C)(S)[C@@H](N)C(=O)S[Se]SC(=O)[C@H](N)C(C)(C)S. The summed E-state index contributed by atoms with van der Waals surface area (Å²) in [6.07, 6.45) is 0. The molecule has 0 amide bonds. The first-order valence-electron chi connectivity index (χ1n) is 5.42. The van der Waals surface area contributed by atoms with Crippen LogP contribution in [0.5, 0.6) is 0 Å². The minimum absolute atomic E-state index is 0.154. The molecular weight excluding hydrogens is 387 g/mol. The summed E-state index contributed by atoms with van der Waals surface area (Å²) >= 11 is 8.26. The van der Waals surface area contributed by atoms with Crippen molar-refractivity contribution in [2.24, 2.45) is 11.5 Å². The number of carbonyl (C=O) groups is 2. The maximum atomic E-state index is 11.8. The molecule has 0 saturated heterocycles. The van der Waals surface area contributed by atoms with E-state index in [1.807, 2.05) is 0 Å². The van der Waals surface area contributed by atoms with Crippen molar-refractivity contribution in [3.63, 3.8) is 0 Å². The summed E-state index contributed by atoms with van der Waals surface area (Å²) in [5, 5.41) is -0.307. The number of hydrogen-bond donors (Lipinski definition) is 4. The van der Waals surface area contributed by atoms with Crippen molar-refractivity contribution < 1.29 is 9.59 Å². The van der Waals surface area contributed by atoms with Crippen LogP contribution in [-0.4, -0.2) is 44.5 Å². The predicted molar refractivity (Wildman–Crippen MR) is 93.0 cm³/mol. The van der Waals surface area contributed by atoms with Crippen LogP contribution in [-0.2, 0) is 9.59 Å². The van der Waals surface area contributed by atoms with Gasteiger partial charge in [-0.15, -0.1) is 0 Å². The van der Waals surface area contributed by atoms with Gasteiger partial charge in [0.25, 0.3) is 0 Å². The molecule has 0 heterocycles. The van der Waals surface area contributed by atoms with Crippen LogP contribution >= 0.6 is 45.6 Å².